The minimum Gasteiger partial charge on any atom is -0.340 e. The molecule has 1 atom stereocenters. The Balaban J connectivity index is 0. The van der Waals surface area contributed by atoms with Crippen molar-refractivity contribution in [1.29, 1.82) is 0 Å². The molecule has 110 valence electrons. The molecule has 1 heterocycles. The summed E-state index contributed by atoms with van der Waals surface area (Å²) >= 11 is 0. The number of amides is 1. The molecule has 5 nitrogen and oxygen atoms in total. The summed E-state index contributed by atoms with van der Waals surface area (Å²) in [6.45, 7) is 4.79. The quantitative estimate of drug-likeness (QED) is 0.899. The first-order valence-corrected chi connectivity index (χ1v) is 5.79. The van der Waals surface area contributed by atoms with E-state index in [9.17, 15) is 4.79 Å². The lowest BCUT2D eigenvalue weighted by atomic mass is 10.0. The van der Waals surface area contributed by atoms with Crippen molar-refractivity contribution in [2.24, 2.45) is 11.7 Å². The second-order valence-corrected chi connectivity index (χ2v) is 4.51. The Morgan fingerprint density at radius 1 is 1.37 bits per heavy atom. The van der Waals surface area contributed by atoms with Crippen LogP contribution in [0.15, 0.2) is 18.6 Å². The summed E-state index contributed by atoms with van der Waals surface area (Å²) in [4.78, 5) is 21.4. The summed E-state index contributed by atoms with van der Waals surface area (Å²) in [6.07, 6.45) is 5.33. The SMILES string of the molecule is CC(C)C(N)CCN(C)C(=O)c1cnccn1.Cl.Cl. The number of aromatic nitrogens is 2. The summed E-state index contributed by atoms with van der Waals surface area (Å²) in [5.41, 5.74) is 6.31. The molecular formula is C12H22Cl2N4O. The molecule has 2 N–H and O–H groups in total. The molecule has 7 heteroatoms. The van der Waals surface area contributed by atoms with Crippen molar-refractivity contribution in [3.05, 3.63) is 24.3 Å². The second-order valence-electron chi connectivity index (χ2n) is 4.51. The van der Waals surface area contributed by atoms with E-state index in [2.05, 4.69) is 23.8 Å². The van der Waals surface area contributed by atoms with Gasteiger partial charge in [0.2, 0.25) is 0 Å². The molecule has 1 aromatic heterocycles. The van der Waals surface area contributed by atoms with Gasteiger partial charge in [-0.1, -0.05) is 13.8 Å². The Bertz CT molecular complexity index is 362. The van der Waals surface area contributed by atoms with Crippen molar-refractivity contribution in [1.82, 2.24) is 14.9 Å². The first-order chi connectivity index (χ1) is 8.02. The Kier molecular flexibility index (Phi) is 10.7. The van der Waals surface area contributed by atoms with E-state index in [0.717, 1.165) is 6.42 Å². The maximum Gasteiger partial charge on any atom is 0.273 e. The third-order valence-corrected chi connectivity index (χ3v) is 2.78. The molecule has 1 unspecified atom stereocenters. The zero-order chi connectivity index (χ0) is 12.8. The van der Waals surface area contributed by atoms with E-state index in [1.54, 1.807) is 18.1 Å². The monoisotopic (exact) mass is 308 g/mol. The van der Waals surface area contributed by atoms with Crippen LogP contribution in [0.25, 0.3) is 0 Å². The fourth-order valence-corrected chi connectivity index (χ4v) is 1.38. The Labute approximate surface area is 126 Å². The van der Waals surface area contributed by atoms with Crippen LogP contribution in [-0.4, -0.2) is 40.4 Å². The van der Waals surface area contributed by atoms with E-state index in [4.69, 9.17) is 5.73 Å². The third kappa shape index (κ3) is 6.71. The standard InChI is InChI=1S/C12H20N4O.2ClH/c1-9(2)10(13)4-7-16(3)12(17)11-8-14-5-6-15-11;;/h5-6,8-10H,4,7,13H2,1-3H3;2*1H. The molecule has 0 aliphatic heterocycles. The van der Waals surface area contributed by atoms with E-state index in [1.807, 2.05) is 0 Å². The van der Waals surface area contributed by atoms with Crippen LogP contribution in [0.5, 0.6) is 0 Å². The topological polar surface area (TPSA) is 72.1 Å². The highest BCUT2D eigenvalue weighted by Gasteiger charge is 2.15. The smallest absolute Gasteiger partial charge is 0.273 e. The van der Waals surface area contributed by atoms with Gasteiger partial charge in [-0.3, -0.25) is 9.78 Å². The number of nitrogens with two attached hydrogens (primary N) is 1. The third-order valence-electron chi connectivity index (χ3n) is 2.78. The van der Waals surface area contributed by atoms with Crippen molar-refractivity contribution in [2.45, 2.75) is 26.3 Å². The fourth-order valence-electron chi connectivity index (χ4n) is 1.38. The summed E-state index contributed by atoms with van der Waals surface area (Å²) in [6, 6.07) is 0.118. The molecule has 0 aromatic carbocycles. The van der Waals surface area contributed by atoms with Gasteiger partial charge in [0.15, 0.2) is 0 Å². The maximum absolute atomic E-state index is 11.9. The van der Waals surface area contributed by atoms with E-state index in [1.165, 1.54) is 12.4 Å². The fraction of sp³-hybridized carbons (Fsp3) is 0.583. The highest BCUT2D eigenvalue weighted by Crippen LogP contribution is 2.05. The molecule has 0 aliphatic rings. The van der Waals surface area contributed by atoms with Gasteiger partial charge in [0.05, 0.1) is 6.20 Å². The number of carbonyl (C=O) groups is 1. The average molecular weight is 309 g/mol. The van der Waals surface area contributed by atoms with Gasteiger partial charge in [-0.05, 0) is 12.3 Å². The van der Waals surface area contributed by atoms with Crippen molar-refractivity contribution in [2.75, 3.05) is 13.6 Å². The molecule has 0 bridgehead atoms. The zero-order valence-electron chi connectivity index (χ0n) is 11.4. The van der Waals surface area contributed by atoms with Crippen molar-refractivity contribution in [3.8, 4) is 0 Å². The summed E-state index contributed by atoms with van der Waals surface area (Å²) in [7, 11) is 1.75. The predicted octanol–water partition coefficient (Wildman–Crippen LogP) is 1.77. The van der Waals surface area contributed by atoms with Gasteiger partial charge in [-0.2, -0.15) is 0 Å². The molecule has 0 saturated heterocycles. The van der Waals surface area contributed by atoms with Gasteiger partial charge < -0.3 is 10.6 Å². The van der Waals surface area contributed by atoms with Crippen molar-refractivity contribution >= 4 is 30.7 Å². The number of rotatable bonds is 5. The molecule has 0 spiro atoms. The number of hydrogen-bond donors (Lipinski definition) is 1. The molecule has 1 amide bonds. The van der Waals surface area contributed by atoms with Gasteiger partial charge in [0.1, 0.15) is 5.69 Å². The summed E-state index contributed by atoms with van der Waals surface area (Å²) in [5.74, 6) is 0.309. The van der Waals surface area contributed by atoms with Crippen molar-refractivity contribution in [3.63, 3.8) is 0 Å². The van der Waals surface area contributed by atoms with Gasteiger partial charge in [-0.25, -0.2) is 4.98 Å². The zero-order valence-corrected chi connectivity index (χ0v) is 13.1. The van der Waals surface area contributed by atoms with E-state index < -0.39 is 0 Å². The van der Waals surface area contributed by atoms with Crippen LogP contribution in [0.2, 0.25) is 0 Å². The van der Waals surface area contributed by atoms with E-state index >= 15 is 0 Å². The van der Waals surface area contributed by atoms with Crippen LogP contribution in [0.3, 0.4) is 0 Å². The van der Waals surface area contributed by atoms with Crippen LogP contribution < -0.4 is 5.73 Å². The number of halogens is 2. The van der Waals surface area contributed by atoms with Crippen molar-refractivity contribution < 1.29 is 4.79 Å². The van der Waals surface area contributed by atoms with Gasteiger partial charge in [0.25, 0.3) is 5.91 Å². The second kappa shape index (κ2) is 9.95. The lowest BCUT2D eigenvalue weighted by Gasteiger charge is -2.21. The normalized spacial score (nSPS) is 11.2. The Morgan fingerprint density at radius 3 is 2.47 bits per heavy atom. The number of hydrogen-bond acceptors (Lipinski definition) is 4. The highest BCUT2D eigenvalue weighted by atomic mass is 35.5. The first kappa shape index (κ1) is 20.4. The number of carbonyl (C=O) groups excluding carboxylic acids is 1. The van der Waals surface area contributed by atoms with Crippen LogP contribution in [-0.2, 0) is 0 Å². The molecule has 0 fully saturated rings. The van der Waals surface area contributed by atoms with E-state index in [-0.39, 0.29) is 36.8 Å². The Morgan fingerprint density at radius 2 is 2.00 bits per heavy atom. The minimum atomic E-state index is -0.117. The highest BCUT2D eigenvalue weighted by molar-refractivity contribution is 5.91. The maximum atomic E-state index is 11.9. The largest absolute Gasteiger partial charge is 0.340 e. The van der Waals surface area contributed by atoms with Gasteiger partial charge in [0, 0.05) is 32.0 Å². The summed E-state index contributed by atoms with van der Waals surface area (Å²) < 4.78 is 0. The molecule has 1 rings (SSSR count). The molecular weight excluding hydrogens is 287 g/mol. The molecule has 1 aromatic rings. The Hall–Kier alpha value is -0.910. The van der Waals surface area contributed by atoms with E-state index in [0.29, 0.717) is 18.2 Å². The minimum absolute atomic E-state index is 0. The van der Waals surface area contributed by atoms with Crippen LogP contribution in [0.1, 0.15) is 30.8 Å². The van der Waals surface area contributed by atoms with Crippen LogP contribution in [0, 0.1) is 5.92 Å². The first-order valence-electron chi connectivity index (χ1n) is 5.79. The van der Waals surface area contributed by atoms with Crippen LogP contribution >= 0.6 is 24.8 Å². The molecule has 19 heavy (non-hydrogen) atoms. The lowest BCUT2D eigenvalue weighted by molar-refractivity contribution is 0.0783. The molecule has 0 saturated carbocycles. The number of nitrogens with zero attached hydrogens (tertiary/aromatic N) is 3. The van der Waals surface area contributed by atoms with Gasteiger partial charge >= 0.3 is 0 Å². The van der Waals surface area contributed by atoms with Gasteiger partial charge in [-0.15, -0.1) is 24.8 Å². The lowest BCUT2D eigenvalue weighted by Crippen LogP contribution is -2.35. The van der Waals surface area contributed by atoms with Crippen LogP contribution in [0.4, 0.5) is 0 Å². The molecule has 0 aliphatic carbocycles. The predicted molar refractivity (Wildman–Crippen MR) is 80.9 cm³/mol. The average Bonchev–Trinajstić information content (AvgIpc) is 2.35. The summed E-state index contributed by atoms with van der Waals surface area (Å²) in [5, 5.41) is 0. The molecule has 0 radical (unpaired) electrons.